The first-order valence-corrected chi connectivity index (χ1v) is 4.47. The minimum absolute atomic E-state index is 0.162. The SMILES string of the molecule is CC(=O)O[C@H](CCC(C)C)C(F)(F)F. The summed E-state index contributed by atoms with van der Waals surface area (Å²) >= 11 is 0. The molecule has 0 unspecified atom stereocenters. The van der Waals surface area contributed by atoms with Gasteiger partial charge in [0.2, 0.25) is 0 Å². The van der Waals surface area contributed by atoms with Gasteiger partial charge in [-0.3, -0.25) is 4.79 Å². The Hall–Kier alpha value is -0.740. The van der Waals surface area contributed by atoms with E-state index >= 15 is 0 Å². The Kier molecular flexibility index (Phi) is 4.94. The van der Waals surface area contributed by atoms with Crippen molar-refractivity contribution in [3.63, 3.8) is 0 Å². The second kappa shape index (κ2) is 5.22. The van der Waals surface area contributed by atoms with E-state index in [1.165, 1.54) is 0 Å². The molecule has 0 aliphatic carbocycles. The molecule has 2 nitrogen and oxygen atoms in total. The molecule has 84 valence electrons. The first-order chi connectivity index (χ1) is 6.23. The molecule has 0 heterocycles. The largest absolute Gasteiger partial charge is 0.453 e. The van der Waals surface area contributed by atoms with Crippen molar-refractivity contribution in [1.82, 2.24) is 0 Å². The van der Waals surface area contributed by atoms with E-state index in [-0.39, 0.29) is 12.3 Å². The molecule has 0 rings (SSSR count). The van der Waals surface area contributed by atoms with Crippen molar-refractivity contribution in [3.8, 4) is 0 Å². The molecule has 1 atom stereocenters. The molecule has 0 aromatic carbocycles. The van der Waals surface area contributed by atoms with Crippen LogP contribution in [0.4, 0.5) is 13.2 Å². The van der Waals surface area contributed by atoms with Gasteiger partial charge in [0.05, 0.1) is 0 Å². The Morgan fingerprint density at radius 2 is 1.79 bits per heavy atom. The number of ether oxygens (including phenoxy) is 1. The van der Waals surface area contributed by atoms with Crippen LogP contribution in [0.1, 0.15) is 33.6 Å². The summed E-state index contributed by atoms with van der Waals surface area (Å²) in [7, 11) is 0. The van der Waals surface area contributed by atoms with Gasteiger partial charge in [-0.2, -0.15) is 13.2 Å². The minimum Gasteiger partial charge on any atom is -0.453 e. The maximum atomic E-state index is 12.3. The van der Waals surface area contributed by atoms with E-state index in [9.17, 15) is 18.0 Å². The summed E-state index contributed by atoms with van der Waals surface area (Å²) in [5.41, 5.74) is 0. The van der Waals surface area contributed by atoms with E-state index in [4.69, 9.17) is 0 Å². The smallest absolute Gasteiger partial charge is 0.425 e. The summed E-state index contributed by atoms with van der Waals surface area (Å²) in [5.74, 6) is -0.730. The second-order valence-electron chi connectivity index (χ2n) is 3.61. The fraction of sp³-hybridized carbons (Fsp3) is 0.889. The van der Waals surface area contributed by atoms with Crippen LogP contribution in [0.5, 0.6) is 0 Å². The number of hydrogen-bond donors (Lipinski definition) is 0. The average molecular weight is 212 g/mol. The molecular formula is C9H15F3O2. The van der Waals surface area contributed by atoms with Crippen LogP contribution < -0.4 is 0 Å². The lowest BCUT2D eigenvalue weighted by Gasteiger charge is -2.20. The van der Waals surface area contributed by atoms with Gasteiger partial charge in [-0.15, -0.1) is 0 Å². The van der Waals surface area contributed by atoms with E-state index < -0.39 is 18.2 Å². The van der Waals surface area contributed by atoms with E-state index in [1.54, 1.807) is 0 Å². The van der Waals surface area contributed by atoms with Crippen LogP contribution in [-0.2, 0) is 9.53 Å². The normalized spacial score (nSPS) is 14.2. The summed E-state index contributed by atoms with van der Waals surface area (Å²) in [6.45, 7) is 4.62. The van der Waals surface area contributed by atoms with Crippen molar-refractivity contribution in [2.75, 3.05) is 0 Å². The van der Waals surface area contributed by atoms with Crippen LogP contribution in [0.25, 0.3) is 0 Å². The fourth-order valence-electron chi connectivity index (χ4n) is 0.974. The molecule has 0 aromatic rings. The van der Waals surface area contributed by atoms with Crippen LogP contribution >= 0.6 is 0 Å². The number of hydrogen-bond acceptors (Lipinski definition) is 2. The van der Waals surface area contributed by atoms with Crippen molar-refractivity contribution in [3.05, 3.63) is 0 Å². The summed E-state index contributed by atoms with van der Waals surface area (Å²) in [6, 6.07) is 0. The lowest BCUT2D eigenvalue weighted by molar-refractivity contribution is -0.222. The molecule has 0 N–H and O–H groups in total. The number of halogens is 3. The van der Waals surface area contributed by atoms with Crippen molar-refractivity contribution in [2.24, 2.45) is 5.92 Å². The van der Waals surface area contributed by atoms with Gasteiger partial charge < -0.3 is 4.74 Å². The minimum atomic E-state index is -4.46. The predicted octanol–water partition coefficient (Wildman–Crippen LogP) is 2.92. The third kappa shape index (κ3) is 5.83. The van der Waals surface area contributed by atoms with Crippen LogP contribution in [0, 0.1) is 5.92 Å². The number of rotatable bonds is 4. The lowest BCUT2D eigenvalue weighted by atomic mass is 10.0. The topological polar surface area (TPSA) is 26.3 Å². The molecule has 0 saturated carbocycles. The van der Waals surface area contributed by atoms with Crippen molar-refractivity contribution in [1.29, 1.82) is 0 Å². The molecule has 0 fully saturated rings. The molecule has 0 radical (unpaired) electrons. The molecule has 5 heteroatoms. The van der Waals surface area contributed by atoms with E-state index in [1.807, 2.05) is 13.8 Å². The number of carbonyl (C=O) groups is 1. The van der Waals surface area contributed by atoms with Gasteiger partial charge in [0.15, 0.2) is 6.10 Å². The molecule has 0 saturated heterocycles. The fourth-order valence-corrected chi connectivity index (χ4v) is 0.974. The molecular weight excluding hydrogens is 197 g/mol. The number of carbonyl (C=O) groups excluding carboxylic acids is 1. The van der Waals surface area contributed by atoms with Gasteiger partial charge in [-0.1, -0.05) is 13.8 Å². The maximum Gasteiger partial charge on any atom is 0.425 e. The predicted molar refractivity (Wildman–Crippen MR) is 45.7 cm³/mol. The van der Waals surface area contributed by atoms with Crippen LogP contribution in [0.2, 0.25) is 0 Å². The van der Waals surface area contributed by atoms with Crippen molar-refractivity contribution < 1.29 is 22.7 Å². The zero-order chi connectivity index (χ0) is 11.4. The molecule has 0 bridgehead atoms. The van der Waals surface area contributed by atoms with Crippen LogP contribution in [0.15, 0.2) is 0 Å². The quantitative estimate of drug-likeness (QED) is 0.670. The molecule has 0 aliphatic heterocycles. The summed E-state index contributed by atoms with van der Waals surface area (Å²) in [6.07, 6.45) is -6.19. The zero-order valence-electron chi connectivity index (χ0n) is 8.52. The third-order valence-corrected chi connectivity index (χ3v) is 1.68. The maximum absolute atomic E-state index is 12.3. The second-order valence-corrected chi connectivity index (χ2v) is 3.61. The molecule has 0 amide bonds. The van der Waals surface area contributed by atoms with E-state index in [2.05, 4.69) is 4.74 Å². The lowest BCUT2D eigenvalue weighted by Crippen LogP contribution is -2.33. The van der Waals surface area contributed by atoms with Crippen LogP contribution in [0.3, 0.4) is 0 Å². The van der Waals surface area contributed by atoms with Gasteiger partial charge in [0.1, 0.15) is 0 Å². The van der Waals surface area contributed by atoms with Gasteiger partial charge in [-0.25, -0.2) is 0 Å². The van der Waals surface area contributed by atoms with Gasteiger partial charge in [0, 0.05) is 6.92 Å². The molecule has 0 aliphatic rings. The molecule has 14 heavy (non-hydrogen) atoms. The summed E-state index contributed by atoms with van der Waals surface area (Å²) in [5, 5.41) is 0. The first kappa shape index (κ1) is 13.3. The highest BCUT2D eigenvalue weighted by Crippen LogP contribution is 2.27. The van der Waals surface area contributed by atoms with Gasteiger partial charge >= 0.3 is 12.1 Å². The monoisotopic (exact) mass is 212 g/mol. The highest BCUT2D eigenvalue weighted by atomic mass is 19.4. The van der Waals surface area contributed by atoms with E-state index in [0.29, 0.717) is 6.42 Å². The zero-order valence-corrected chi connectivity index (χ0v) is 8.52. The summed E-state index contributed by atoms with van der Waals surface area (Å²) < 4.78 is 41.0. The van der Waals surface area contributed by atoms with Gasteiger partial charge in [0.25, 0.3) is 0 Å². The molecule has 0 aromatic heterocycles. The Bertz CT molecular complexity index is 187. The van der Waals surface area contributed by atoms with Gasteiger partial charge in [-0.05, 0) is 18.8 Å². The van der Waals surface area contributed by atoms with Crippen molar-refractivity contribution >= 4 is 5.97 Å². The summed E-state index contributed by atoms with van der Waals surface area (Å²) in [4.78, 5) is 10.4. The Labute approximate surface area is 81.4 Å². The van der Waals surface area contributed by atoms with Crippen LogP contribution in [-0.4, -0.2) is 18.2 Å². The number of alkyl halides is 3. The third-order valence-electron chi connectivity index (χ3n) is 1.68. The standard InChI is InChI=1S/C9H15F3O2/c1-6(2)4-5-8(9(10,11)12)14-7(3)13/h6,8H,4-5H2,1-3H3/t8-/m1/s1. The highest BCUT2D eigenvalue weighted by Gasteiger charge is 2.41. The van der Waals surface area contributed by atoms with Crippen molar-refractivity contribution in [2.45, 2.75) is 45.9 Å². The number of esters is 1. The Morgan fingerprint density at radius 1 is 1.29 bits per heavy atom. The first-order valence-electron chi connectivity index (χ1n) is 4.47. The average Bonchev–Trinajstić information content (AvgIpc) is 1.94. The molecule has 0 spiro atoms. The highest BCUT2D eigenvalue weighted by molar-refractivity contribution is 5.66. The van der Waals surface area contributed by atoms with E-state index in [0.717, 1.165) is 6.92 Å². The Morgan fingerprint density at radius 3 is 2.07 bits per heavy atom. The Balaban J connectivity index is 4.19.